The quantitative estimate of drug-likeness (QED) is 0.320. The highest BCUT2D eigenvalue weighted by Crippen LogP contribution is 2.20. The maximum absolute atomic E-state index is 5.73. The zero-order valence-corrected chi connectivity index (χ0v) is 29.2. The Morgan fingerprint density at radius 3 is 2.34 bits per heavy atom. The molecule has 0 amide bonds. The SMILES string of the molecule is C=c1nc(N2CCO[C@@H](C)C2)nc(N2CCCCC2)/c1=C/C=C(\C)c1ccc(C)c(CNCC)c1.CCCCCC.COC. The van der Waals surface area contributed by atoms with Crippen molar-refractivity contribution in [3.05, 3.63) is 51.5 Å². The summed E-state index contributed by atoms with van der Waals surface area (Å²) in [4.78, 5) is 14.6. The smallest absolute Gasteiger partial charge is 0.228 e. The highest BCUT2D eigenvalue weighted by molar-refractivity contribution is 5.71. The molecule has 44 heavy (non-hydrogen) atoms. The summed E-state index contributed by atoms with van der Waals surface area (Å²) in [6.07, 6.45) is 13.8. The van der Waals surface area contributed by atoms with Crippen molar-refractivity contribution in [2.24, 2.45) is 0 Å². The molecule has 2 aliphatic heterocycles. The highest BCUT2D eigenvalue weighted by Gasteiger charge is 2.22. The predicted octanol–water partition coefficient (Wildman–Crippen LogP) is 6.25. The van der Waals surface area contributed by atoms with E-state index in [1.165, 1.54) is 67.2 Å². The lowest BCUT2D eigenvalue weighted by molar-refractivity contribution is 0.0526. The second-order valence-corrected chi connectivity index (χ2v) is 11.9. The number of nitrogens with one attached hydrogen (secondary N) is 1. The fourth-order valence-corrected chi connectivity index (χ4v) is 5.32. The van der Waals surface area contributed by atoms with Crippen LogP contribution in [0.15, 0.2) is 24.3 Å². The molecule has 1 aromatic carbocycles. The summed E-state index contributed by atoms with van der Waals surface area (Å²) in [5, 5.41) is 5.26. The van der Waals surface area contributed by atoms with Crippen molar-refractivity contribution in [2.75, 3.05) is 63.4 Å². The van der Waals surface area contributed by atoms with Gasteiger partial charge < -0.3 is 24.6 Å². The van der Waals surface area contributed by atoms with E-state index in [2.05, 4.69) is 98.3 Å². The minimum absolute atomic E-state index is 0.183. The molecule has 0 spiro atoms. The number of aryl methyl sites for hydroxylation is 1. The van der Waals surface area contributed by atoms with E-state index < -0.39 is 0 Å². The molecule has 0 unspecified atom stereocenters. The Morgan fingerprint density at radius 1 is 1.05 bits per heavy atom. The summed E-state index contributed by atoms with van der Waals surface area (Å²) in [5.74, 6) is 1.79. The van der Waals surface area contributed by atoms with Crippen LogP contribution in [0.1, 0.15) is 96.3 Å². The number of unbranched alkanes of at least 4 members (excludes halogenated alkanes) is 3. The molecule has 0 radical (unpaired) electrons. The van der Waals surface area contributed by atoms with Crippen LogP contribution in [0, 0.1) is 6.92 Å². The molecule has 1 N–H and O–H groups in total. The molecular weight excluding hydrogens is 546 g/mol. The summed E-state index contributed by atoms with van der Waals surface area (Å²) < 4.78 is 9.98. The van der Waals surface area contributed by atoms with Crippen LogP contribution >= 0.6 is 0 Å². The summed E-state index contributed by atoms with van der Waals surface area (Å²) in [5.41, 5.74) is 5.12. The lowest BCUT2D eigenvalue weighted by atomic mass is 10.00. The normalized spacial score (nSPS) is 17.5. The van der Waals surface area contributed by atoms with Gasteiger partial charge in [0.2, 0.25) is 5.95 Å². The van der Waals surface area contributed by atoms with Gasteiger partial charge in [-0.2, -0.15) is 4.98 Å². The van der Waals surface area contributed by atoms with Crippen molar-refractivity contribution in [1.82, 2.24) is 15.3 Å². The number of aromatic nitrogens is 2. The van der Waals surface area contributed by atoms with Crippen molar-refractivity contribution in [2.45, 2.75) is 99.1 Å². The van der Waals surface area contributed by atoms with Crippen molar-refractivity contribution in [1.29, 1.82) is 0 Å². The third-order valence-corrected chi connectivity index (χ3v) is 8.00. The zero-order valence-electron chi connectivity index (χ0n) is 29.2. The van der Waals surface area contributed by atoms with Crippen molar-refractivity contribution in [3.63, 3.8) is 0 Å². The number of allylic oxidation sites excluding steroid dienone is 2. The third-order valence-electron chi connectivity index (χ3n) is 8.00. The molecule has 2 saturated heterocycles. The maximum atomic E-state index is 5.73. The summed E-state index contributed by atoms with van der Waals surface area (Å²) in [6, 6.07) is 6.72. The van der Waals surface area contributed by atoms with Crippen LogP contribution in [0.2, 0.25) is 0 Å². The van der Waals surface area contributed by atoms with Gasteiger partial charge in [-0.25, -0.2) is 4.98 Å². The highest BCUT2D eigenvalue weighted by atomic mass is 16.5. The molecule has 1 atom stereocenters. The molecule has 1 aromatic heterocycles. The molecule has 2 aliphatic rings. The average molecular weight is 608 g/mol. The fraction of sp³-hybridized carbons (Fsp3) is 0.622. The first-order valence-corrected chi connectivity index (χ1v) is 16.9. The van der Waals surface area contributed by atoms with Crippen LogP contribution < -0.4 is 25.7 Å². The molecular formula is C37H61N5O2. The minimum atomic E-state index is 0.183. The summed E-state index contributed by atoms with van der Waals surface area (Å²) in [6.45, 7) is 23.7. The van der Waals surface area contributed by atoms with Gasteiger partial charge in [-0.05, 0) is 81.0 Å². The summed E-state index contributed by atoms with van der Waals surface area (Å²) >= 11 is 0. The Morgan fingerprint density at radius 2 is 1.73 bits per heavy atom. The lowest BCUT2D eigenvalue weighted by Gasteiger charge is -2.33. The number of piperidine rings is 1. The monoisotopic (exact) mass is 607 g/mol. The van der Waals surface area contributed by atoms with Gasteiger partial charge in [-0.15, -0.1) is 0 Å². The second kappa shape index (κ2) is 21.1. The average Bonchev–Trinajstić information content (AvgIpc) is 3.03. The number of anilines is 2. The van der Waals surface area contributed by atoms with Gasteiger partial charge in [0.1, 0.15) is 5.82 Å². The number of hydrogen-bond donors (Lipinski definition) is 1. The molecule has 246 valence electrons. The molecule has 0 aliphatic carbocycles. The molecule has 3 heterocycles. The Hall–Kier alpha value is -2.74. The Kier molecular flexibility index (Phi) is 17.9. The molecule has 2 aromatic rings. The van der Waals surface area contributed by atoms with Gasteiger partial charge in [0.05, 0.1) is 18.1 Å². The van der Waals surface area contributed by atoms with Gasteiger partial charge in [-0.3, -0.25) is 0 Å². The number of benzene rings is 1. The van der Waals surface area contributed by atoms with E-state index in [0.717, 1.165) is 61.6 Å². The summed E-state index contributed by atoms with van der Waals surface area (Å²) in [7, 11) is 3.25. The molecule has 2 fully saturated rings. The first-order chi connectivity index (χ1) is 21.3. The Labute approximate surface area is 268 Å². The van der Waals surface area contributed by atoms with Gasteiger partial charge >= 0.3 is 0 Å². The molecule has 4 rings (SSSR count). The first-order valence-electron chi connectivity index (χ1n) is 16.9. The number of hydrogen-bond acceptors (Lipinski definition) is 7. The topological polar surface area (TPSA) is 62.8 Å². The van der Waals surface area contributed by atoms with Gasteiger partial charge in [0.25, 0.3) is 0 Å². The van der Waals surface area contributed by atoms with E-state index >= 15 is 0 Å². The number of nitrogens with zero attached hydrogens (tertiary/aromatic N) is 4. The second-order valence-electron chi connectivity index (χ2n) is 11.9. The number of methoxy groups -OCH3 is 1. The van der Waals surface area contributed by atoms with Crippen LogP contribution in [0.5, 0.6) is 0 Å². The van der Waals surface area contributed by atoms with Crippen LogP contribution in [-0.2, 0) is 16.0 Å². The minimum Gasteiger partial charge on any atom is -0.388 e. The van der Waals surface area contributed by atoms with E-state index in [0.29, 0.717) is 6.61 Å². The molecule has 7 heteroatoms. The number of morpholine rings is 1. The van der Waals surface area contributed by atoms with Crippen LogP contribution in [0.3, 0.4) is 0 Å². The predicted molar refractivity (Wildman–Crippen MR) is 190 cm³/mol. The van der Waals surface area contributed by atoms with E-state index in [4.69, 9.17) is 14.7 Å². The van der Waals surface area contributed by atoms with Gasteiger partial charge in [0.15, 0.2) is 0 Å². The standard InChI is InChI=1S/C29H41N5O.C6H14.C2H6O/c1-6-30-19-26-18-25(12-10-22(26)3)21(2)11-13-27-24(5)31-29(34-16-17-35-23(4)20-34)32-28(27)33-14-8-7-9-15-33;1-3-5-6-4-2;1-3-2/h10-13,18,23,30H,5-9,14-17,19-20H2,1-4H3;3-6H2,1-2H3;1-2H3/b21-11+,27-13+;;/t23-;;/m0../s1. The van der Waals surface area contributed by atoms with Gasteiger partial charge in [-0.1, -0.05) is 71.2 Å². The molecule has 0 bridgehead atoms. The van der Waals surface area contributed by atoms with E-state index in [-0.39, 0.29) is 6.10 Å². The van der Waals surface area contributed by atoms with Crippen LogP contribution in [0.4, 0.5) is 11.8 Å². The largest absolute Gasteiger partial charge is 0.388 e. The number of ether oxygens (including phenoxy) is 2. The van der Waals surface area contributed by atoms with E-state index in [9.17, 15) is 0 Å². The van der Waals surface area contributed by atoms with E-state index in [1.54, 1.807) is 14.2 Å². The van der Waals surface area contributed by atoms with E-state index in [1.807, 2.05) is 0 Å². The van der Waals surface area contributed by atoms with Crippen molar-refractivity contribution < 1.29 is 9.47 Å². The van der Waals surface area contributed by atoms with Crippen molar-refractivity contribution in [3.8, 4) is 0 Å². The van der Waals surface area contributed by atoms with Crippen LogP contribution in [-0.4, -0.2) is 69.6 Å². The maximum Gasteiger partial charge on any atom is 0.228 e. The zero-order chi connectivity index (χ0) is 32.3. The van der Waals surface area contributed by atoms with Crippen LogP contribution in [0.25, 0.3) is 18.2 Å². The third kappa shape index (κ3) is 12.3. The Bertz CT molecular complexity index is 1240. The fourth-order valence-electron chi connectivity index (χ4n) is 5.32. The van der Waals surface area contributed by atoms with Crippen molar-refractivity contribution >= 4 is 30.0 Å². The van der Waals surface area contributed by atoms with Gasteiger partial charge in [0, 0.05) is 52.2 Å². The molecule has 0 saturated carbocycles. The first kappa shape index (κ1) is 37.4. The Balaban J connectivity index is 0.000000660. The lowest BCUT2D eigenvalue weighted by Crippen LogP contribution is -2.45. The molecule has 7 nitrogen and oxygen atoms in total. The number of rotatable bonds is 10.